The van der Waals surface area contributed by atoms with Gasteiger partial charge in [-0.15, -0.1) is 19.7 Å². The quantitative estimate of drug-likeness (QED) is 0.299. The van der Waals surface area contributed by atoms with Gasteiger partial charge >= 0.3 is 0 Å². The molecule has 0 bridgehead atoms. The van der Waals surface area contributed by atoms with Crippen molar-refractivity contribution in [3.05, 3.63) is 48.6 Å². The smallest absolute Gasteiger partial charge is 0.00449 e. The van der Waals surface area contributed by atoms with Gasteiger partial charge in [0.1, 0.15) is 0 Å². The first-order valence-electron chi connectivity index (χ1n) is 17.0. The van der Waals surface area contributed by atoms with Crippen LogP contribution in [0.15, 0.2) is 48.6 Å². The van der Waals surface area contributed by atoms with Crippen molar-refractivity contribution >= 4 is 0 Å². The molecule has 5 aliphatic rings. The van der Waals surface area contributed by atoms with Crippen LogP contribution in [0.4, 0.5) is 0 Å². The normalized spacial score (nSPS) is 41.4. The highest BCUT2D eigenvalue weighted by Gasteiger charge is 2.63. The maximum absolute atomic E-state index is 4.28. The molecule has 0 heterocycles. The fourth-order valence-corrected chi connectivity index (χ4v) is 11.5. The molecule has 5 aliphatic carbocycles. The average Bonchev–Trinajstić information content (AvgIpc) is 3.27. The highest BCUT2D eigenvalue weighted by Crippen LogP contribution is 2.72. The predicted octanol–water partition coefficient (Wildman–Crippen LogP) is 13.0. The molecule has 0 heteroatoms. The van der Waals surface area contributed by atoms with E-state index in [0.717, 1.165) is 41.4 Å². The minimum Gasteiger partial charge on any atom is -0.103 e. The van der Waals surface area contributed by atoms with E-state index in [-0.39, 0.29) is 7.43 Å². The molecule has 0 amide bonds. The highest BCUT2D eigenvalue weighted by molar-refractivity contribution is 5.36. The number of hydrogen-bond donors (Lipinski definition) is 0. The number of rotatable bonds is 5. The van der Waals surface area contributed by atoms with Crippen LogP contribution in [-0.4, -0.2) is 0 Å². The molecule has 0 aromatic rings. The molecule has 9 unspecified atom stereocenters. The van der Waals surface area contributed by atoms with E-state index < -0.39 is 0 Å². The Labute approximate surface area is 252 Å². The second-order valence-corrected chi connectivity index (χ2v) is 15.1. The average molecular weight is 551 g/mol. The van der Waals surface area contributed by atoms with E-state index in [1.165, 1.54) is 82.6 Å². The zero-order valence-corrected chi connectivity index (χ0v) is 27.8. The lowest BCUT2D eigenvalue weighted by atomic mass is 9.37. The lowest BCUT2D eigenvalue weighted by molar-refractivity contribution is -0.170. The van der Waals surface area contributed by atoms with E-state index in [9.17, 15) is 0 Å². The minimum absolute atomic E-state index is 0. The molecule has 0 aliphatic heterocycles. The first-order valence-corrected chi connectivity index (χ1v) is 17.0. The predicted molar refractivity (Wildman–Crippen MR) is 181 cm³/mol. The van der Waals surface area contributed by atoms with Crippen LogP contribution < -0.4 is 0 Å². The van der Waals surface area contributed by atoms with Crippen LogP contribution in [0.25, 0.3) is 0 Å². The first-order chi connectivity index (χ1) is 18.5. The Bertz CT molecular complexity index is 901. The Morgan fingerprint density at radius 2 is 1.50 bits per heavy atom. The van der Waals surface area contributed by atoms with E-state index in [0.29, 0.717) is 16.2 Å². The van der Waals surface area contributed by atoms with Crippen molar-refractivity contribution in [2.24, 2.45) is 57.7 Å². The number of hydrogen-bond acceptors (Lipinski definition) is 0. The summed E-state index contributed by atoms with van der Waals surface area (Å²) in [6, 6.07) is 0. The molecule has 0 aromatic carbocycles. The van der Waals surface area contributed by atoms with Gasteiger partial charge in [-0.25, -0.2) is 0 Å². The van der Waals surface area contributed by atoms with Crippen molar-refractivity contribution in [2.45, 2.75) is 147 Å². The van der Waals surface area contributed by atoms with Crippen LogP contribution >= 0.6 is 0 Å². The van der Waals surface area contributed by atoms with Gasteiger partial charge in [0.05, 0.1) is 0 Å². The van der Waals surface area contributed by atoms with Crippen molar-refractivity contribution in [3.63, 3.8) is 0 Å². The molecule has 40 heavy (non-hydrogen) atoms. The Kier molecular flexibility index (Phi) is 12.3. The molecular weight excluding hydrogens is 480 g/mol. The first kappa shape index (κ1) is 35.2. The van der Waals surface area contributed by atoms with Crippen molar-refractivity contribution in [1.82, 2.24) is 0 Å². The molecule has 5 rings (SSSR count). The fraction of sp³-hybridized carbons (Fsp3) is 0.800. The summed E-state index contributed by atoms with van der Waals surface area (Å²) in [5, 5.41) is 0. The summed E-state index contributed by atoms with van der Waals surface area (Å²) < 4.78 is 0. The summed E-state index contributed by atoms with van der Waals surface area (Å²) in [5.74, 6) is 6.13. The van der Waals surface area contributed by atoms with Gasteiger partial charge in [-0.05, 0) is 149 Å². The Morgan fingerprint density at radius 1 is 0.925 bits per heavy atom. The van der Waals surface area contributed by atoms with Gasteiger partial charge in [0.2, 0.25) is 0 Å². The third-order valence-corrected chi connectivity index (χ3v) is 12.9. The largest absolute Gasteiger partial charge is 0.103 e. The Morgan fingerprint density at radius 3 is 2.08 bits per heavy atom. The Balaban J connectivity index is 0.000000877. The van der Waals surface area contributed by atoms with Crippen molar-refractivity contribution < 1.29 is 0 Å². The standard InChI is InChI=1S/C34H54.C3H6.C2H6.CH4/c1-9-16-34-19-13-26(23(4)5)31(34)27-10-11-30-32(7)17-12-25(21-22(2)3)24(6)28(32)14-18-33(30,8)29(27)15-20-34;1-3-2;1-2;/h9,23-25,27-30H,1-2,10-21H2,3-8H3;3H,1H2,2H3;1-2H3;1H4. The van der Waals surface area contributed by atoms with Crippen LogP contribution in [0.5, 0.6) is 0 Å². The second-order valence-electron chi connectivity index (χ2n) is 15.1. The number of fused-ring (bicyclic) bond motifs is 7. The summed E-state index contributed by atoms with van der Waals surface area (Å²) in [5.41, 5.74) is 6.83. The van der Waals surface area contributed by atoms with E-state index >= 15 is 0 Å². The van der Waals surface area contributed by atoms with Gasteiger partial charge in [-0.3, -0.25) is 0 Å². The van der Waals surface area contributed by atoms with E-state index in [1.807, 2.05) is 31.9 Å². The lowest BCUT2D eigenvalue weighted by Crippen LogP contribution is -2.59. The molecule has 0 aromatic heterocycles. The van der Waals surface area contributed by atoms with Gasteiger partial charge in [-0.2, -0.15) is 0 Å². The number of allylic oxidation sites excluding steroid dienone is 5. The zero-order chi connectivity index (χ0) is 29.2. The maximum atomic E-state index is 4.28. The fourth-order valence-electron chi connectivity index (χ4n) is 11.5. The van der Waals surface area contributed by atoms with Crippen LogP contribution in [0.1, 0.15) is 147 Å². The molecule has 0 radical (unpaired) electrons. The monoisotopic (exact) mass is 551 g/mol. The molecule has 0 nitrogen and oxygen atoms in total. The summed E-state index contributed by atoms with van der Waals surface area (Å²) in [4.78, 5) is 0. The van der Waals surface area contributed by atoms with Gasteiger partial charge in [-0.1, -0.05) is 84.8 Å². The van der Waals surface area contributed by atoms with Gasteiger partial charge in [0.25, 0.3) is 0 Å². The molecular formula is C40H70. The molecule has 0 saturated heterocycles. The van der Waals surface area contributed by atoms with Crippen molar-refractivity contribution in [1.29, 1.82) is 0 Å². The summed E-state index contributed by atoms with van der Waals surface area (Å²) in [7, 11) is 0. The topological polar surface area (TPSA) is 0 Å². The minimum atomic E-state index is 0. The van der Waals surface area contributed by atoms with Crippen LogP contribution in [0.3, 0.4) is 0 Å². The van der Waals surface area contributed by atoms with E-state index in [4.69, 9.17) is 0 Å². The molecule has 0 N–H and O–H groups in total. The maximum Gasteiger partial charge on any atom is -0.00449 e. The Hall–Kier alpha value is -1.04. The SMILES string of the molecule is C.C=CC.C=CCC12CCC(C(C)C)=C1C1CCC3C(C)(CCC4C(C)C(CC(=C)C)CCC43C)C1CC2.CC. The zero-order valence-electron chi connectivity index (χ0n) is 27.8. The molecule has 230 valence electrons. The molecule has 0 spiro atoms. The molecule has 9 atom stereocenters. The highest BCUT2D eigenvalue weighted by atomic mass is 14.7. The van der Waals surface area contributed by atoms with Gasteiger partial charge in [0, 0.05) is 0 Å². The molecule has 4 saturated carbocycles. The van der Waals surface area contributed by atoms with Crippen molar-refractivity contribution in [3.8, 4) is 0 Å². The van der Waals surface area contributed by atoms with Crippen LogP contribution in [-0.2, 0) is 0 Å². The van der Waals surface area contributed by atoms with Crippen LogP contribution in [0, 0.1) is 57.7 Å². The molecule has 4 fully saturated rings. The van der Waals surface area contributed by atoms with E-state index in [1.54, 1.807) is 6.08 Å². The van der Waals surface area contributed by atoms with Gasteiger partial charge in [0.15, 0.2) is 0 Å². The van der Waals surface area contributed by atoms with Crippen molar-refractivity contribution in [2.75, 3.05) is 0 Å². The van der Waals surface area contributed by atoms with E-state index in [2.05, 4.69) is 67.4 Å². The summed E-state index contributed by atoms with van der Waals surface area (Å²) in [6.45, 7) is 33.1. The third-order valence-electron chi connectivity index (χ3n) is 12.9. The van der Waals surface area contributed by atoms with Crippen LogP contribution in [0.2, 0.25) is 0 Å². The lowest BCUT2D eigenvalue weighted by Gasteiger charge is -2.67. The van der Waals surface area contributed by atoms with Gasteiger partial charge < -0.3 is 0 Å². The summed E-state index contributed by atoms with van der Waals surface area (Å²) >= 11 is 0. The third kappa shape index (κ3) is 5.91. The second kappa shape index (κ2) is 14.0. The summed E-state index contributed by atoms with van der Waals surface area (Å²) in [6.07, 6.45) is 21.0.